The molecule has 1 aliphatic rings. The summed E-state index contributed by atoms with van der Waals surface area (Å²) >= 11 is 2.99. The summed E-state index contributed by atoms with van der Waals surface area (Å²) in [4.78, 5) is 22.8. The molecule has 29 heavy (non-hydrogen) atoms. The number of hydrazone groups is 1. The summed E-state index contributed by atoms with van der Waals surface area (Å²) < 4.78 is 7.18. The van der Waals surface area contributed by atoms with E-state index >= 15 is 0 Å². The van der Waals surface area contributed by atoms with Crippen molar-refractivity contribution in [2.75, 3.05) is 5.75 Å². The van der Waals surface area contributed by atoms with E-state index in [9.17, 15) is 4.79 Å². The van der Waals surface area contributed by atoms with Gasteiger partial charge in [0, 0.05) is 18.3 Å². The number of thioether (sulfide) groups is 1. The van der Waals surface area contributed by atoms with E-state index in [1.165, 1.54) is 18.1 Å². The molecule has 0 N–H and O–H groups in total. The second-order valence-corrected chi connectivity index (χ2v) is 8.41. The molecule has 10 heteroatoms. The molecule has 8 nitrogen and oxygen atoms in total. The summed E-state index contributed by atoms with van der Waals surface area (Å²) in [7, 11) is 1.83. The van der Waals surface area contributed by atoms with Gasteiger partial charge in [0.05, 0.1) is 29.6 Å². The minimum atomic E-state index is -0.119. The molecule has 0 spiro atoms. The maximum absolute atomic E-state index is 13.1. The van der Waals surface area contributed by atoms with Crippen molar-refractivity contribution in [1.29, 1.82) is 0 Å². The number of hydrogen-bond donors (Lipinski definition) is 0. The lowest BCUT2D eigenvalue weighted by Gasteiger charge is -2.20. The van der Waals surface area contributed by atoms with Crippen LogP contribution < -0.4 is 0 Å². The third kappa shape index (κ3) is 3.34. The number of nitrogens with zero attached hydrogens (tertiary/aromatic N) is 6. The molecule has 1 atom stereocenters. The van der Waals surface area contributed by atoms with Gasteiger partial charge in [-0.25, -0.2) is 15.0 Å². The molecule has 5 rings (SSSR count). The third-order valence-corrected chi connectivity index (χ3v) is 6.63. The van der Waals surface area contributed by atoms with Crippen molar-refractivity contribution in [2.45, 2.75) is 17.5 Å². The zero-order valence-electron chi connectivity index (χ0n) is 15.4. The molecule has 0 unspecified atom stereocenters. The smallest absolute Gasteiger partial charge is 0.253 e. The highest BCUT2D eigenvalue weighted by Crippen LogP contribution is 2.36. The number of carbonyl (C=O) groups is 1. The fraction of sp³-hybridized carbons (Fsp3) is 0.211. The zero-order chi connectivity index (χ0) is 19.8. The van der Waals surface area contributed by atoms with Gasteiger partial charge >= 0.3 is 0 Å². The van der Waals surface area contributed by atoms with Crippen LogP contribution in [0.5, 0.6) is 0 Å². The van der Waals surface area contributed by atoms with Crippen molar-refractivity contribution < 1.29 is 9.21 Å². The van der Waals surface area contributed by atoms with Crippen molar-refractivity contribution in [2.24, 2.45) is 12.1 Å². The van der Waals surface area contributed by atoms with Gasteiger partial charge in [-0.2, -0.15) is 10.2 Å². The van der Waals surface area contributed by atoms with Crippen LogP contribution in [0.4, 0.5) is 0 Å². The topological polar surface area (TPSA) is 89.4 Å². The van der Waals surface area contributed by atoms with Gasteiger partial charge in [-0.1, -0.05) is 17.8 Å². The first-order valence-electron chi connectivity index (χ1n) is 8.93. The molecule has 0 fully saturated rings. The monoisotopic (exact) mass is 424 g/mol. The standard InChI is InChI=1S/C19H16N6O2S2/c1-24-18-12(9-22-24)19(21-11-20-18)29-10-17(26)25-14(16-5-3-7-28-16)8-13(23-25)15-4-2-6-27-15/h2-7,9,11,14H,8,10H2,1H3/t14-/m1/s1. The van der Waals surface area contributed by atoms with Crippen LogP contribution in [0.15, 0.2) is 63.0 Å². The van der Waals surface area contributed by atoms with Crippen LogP contribution in [-0.4, -0.2) is 42.1 Å². The van der Waals surface area contributed by atoms with Crippen LogP contribution in [0.1, 0.15) is 23.1 Å². The molecule has 0 saturated carbocycles. The van der Waals surface area contributed by atoms with Crippen molar-refractivity contribution >= 4 is 45.8 Å². The number of aromatic nitrogens is 4. The van der Waals surface area contributed by atoms with Crippen LogP contribution >= 0.6 is 23.1 Å². The van der Waals surface area contributed by atoms with E-state index < -0.39 is 0 Å². The predicted octanol–water partition coefficient (Wildman–Crippen LogP) is 3.49. The number of rotatable bonds is 5. The fourth-order valence-electron chi connectivity index (χ4n) is 3.29. The molecule has 4 aromatic rings. The Hall–Kier alpha value is -2.98. The highest BCUT2D eigenvalue weighted by atomic mass is 32.2. The van der Waals surface area contributed by atoms with Gasteiger partial charge in [-0.05, 0) is 23.6 Å². The molecule has 146 valence electrons. The van der Waals surface area contributed by atoms with E-state index in [0.29, 0.717) is 12.2 Å². The summed E-state index contributed by atoms with van der Waals surface area (Å²) in [6, 6.07) is 7.60. The van der Waals surface area contributed by atoms with Gasteiger partial charge in [0.25, 0.3) is 5.91 Å². The van der Waals surface area contributed by atoms with Gasteiger partial charge in [-0.3, -0.25) is 9.48 Å². The number of amides is 1. The van der Waals surface area contributed by atoms with Crippen LogP contribution in [0.3, 0.4) is 0 Å². The van der Waals surface area contributed by atoms with Crippen LogP contribution in [0.25, 0.3) is 11.0 Å². The average molecular weight is 425 g/mol. The second kappa shape index (κ2) is 7.45. The van der Waals surface area contributed by atoms with Crippen molar-refractivity contribution in [1.82, 2.24) is 24.8 Å². The van der Waals surface area contributed by atoms with Gasteiger partial charge < -0.3 is 4.42 Å². The maximum atomic E-state index is 13.1. The Morgan fingerprint density at radius 3 is 3.07 bits per heavy atom. The van der Waals surface area contributed by atoms with Gasteiger partial charge in [0.15, 0.2) is 5.65 Å². The van der Waals surface area contributed by atoms with E-state index in [2.05, 4.69) is 20.2 Å². The first-order valence-corrected chi connectivity index (χ1v) is 10.8. The molecule has 0 aromatic carbocycles. The second-order valence-electron chi connectivity index (χ2n) is 6.47. The third-order valence-electron chi connectivity index (χ3n) is 4.67. The van der Waals surface area contributed by atoms with E-state index in [0.717, 1.165) is 26.6 Å². The first kappa shape index (κ1) is 18.1. The van der Waals surface area contributed by atoms with Crippen LogP contribution in [0.2, 0.25) is 0 Å². The van der Waals surface area contributed by atoms with E-state index in [1.807, 2.05) is 36.7 Å². The largest absolute Gasteiger partial charge is 0.463 e. The molecule has 1 amide bonds. The summed E-state index contributed by atoms with van der Waals surface area (Å²) in [6.45, 7) is 0. The summed E-state index contributed by atoms with van der Waals surface area (Å²) in [6.07, 6.45) is 5.46. The van der Waals surface area contributed by atoms with E-state index in [4.69, 9.17) is 4.42 Å². The highest BCUT2D eigenvalue weighted by Gasteiger charge is 2.34. The molecular weight excluding hydrogens is 408 g/mol. The van der Waals surface area contributed by atoms with Crippen molar-refractivity contribution in [3.8, 4) is 0 Å². The Morgan fingerprint density at radius 2 is 2.28 bits per heavy atom. The Bertz CT molecular complexity index is 1180. The molecule has 0 radical (unpaired) electrons. The van der Waals surface area contributed by atoms with Crippen molar-refractivity contribution in [3.63, 3.8) is 0 Å². The Labute approximate surface area is 174 Å². The maximum Gasteiger partial charge on any atom is 0.253 e. The first-order chi connectivity index (χ1) is 14.2. The lowest BCUT2D eigenvalue weighted by Crippen LogP contribution is -2.28. The highest BCUT2D eigenvalue weighted by molar-refractivity contribution is 8.00. The molecule has 0 bridgehead atoms. The molecule has 4 aromatic heterocycles. The quantitative estimate of drug-likeness (QED) is 0.360. The normalized spacial score (nSPS) is 16.5. The van der Waals surface area contributed by atoms with Crippen LogP contribution in [0, 0.1) is 0 Å². The SMILES string of the molecule is Cn1ncc2c(SCC(=O)N3N=C(c4ccco4)C[C@@H]3c3cccs3)ncnc21. The molecule has 0 saturated heterocycles. The number of fused-ring (bicyclic) bond motifs is 1. The molecule has 5 heterocycles. The number of aryl methyl sites for hydroxylation is 1. The lowest BCUT2D eigenvalue weighted by molar-refractivity contribution is -0.130. The van der Waals surface area contributed by atoms with Gasteiger partial charge in [0.2, 0.25) is 0 Å². The summed E-state index contributed by atoms with van der Waals surface area (Å²) in [5.74, 6) is 0.839. The van der Waals surface area contributed by atoms with Crippen molar-refractivity contribution in [3.05, 3.63) is 59.1 Å². The van der Waals surface area contributed by atoms with Gasteiger partial charge in [-0.15, -0.1) is 11.3 Å². The Kier molecular flexibility index (Phi) is 4.64. The average Bonchev–Trinajstić information content (AvgIpc) is 3.52. The van der Waals surface area contributed by atoms with Gasteiger partial charge in [0.1, 0.15) is 22.8 Å². The number of hydrogen-bond acceptors (Lipinski definition) is 8. The van der Waals surface area contributed by atoms with Crippen LogP contribution in [-0.2, 0) is 11.8 Å². The lowest BCUT2D eigenvalue weighted by atomic mass is 10.1. The Balaban J connectivity index is 1.39. The molecule has 0 aliphatic carbocycles. The minimum absolute atomic E-state index is 0.0781. The fourth-order valence-corrected chi connectivity index (χ4v) is 4.91. The number of furan rings is 1. The summed E-state index contributed by atoms with van der Waals surface area (Å²) in [5.41, 5.74) is 1.52. The van der Waals surface area contributed by atoms with E-state index in [1.54, 1.807) is 33.5 Å². The molecular formula is C19H16N6O2S2. The summed E-state index contributed by atoms with van der Waals surface area (Å²) in [5, 5.41) is 14.0. The number of carbonyl (C=O) groups excluding carboxylic acids is 1. The Morgan fingerprint density at radius 1 is 1.34 bits per heavy atom. The van der Waals surface area contributed by atoms with E-state index in [-0.39, 0.29) is 17.7 Å². The predicted molar refractivity (Wildman–Crippen MR) is 111 cm³/mol. The zero-order valence-corrected chi connectivity index (χ0v) is 17.1. The minimum Gasteiger partial charge on any atom is -0.463 e. The molecule has 1 aliphatic heterocycles. The number of thiophene rings is 1.